The average Bonchev–Trinajstić information content (AvgIpc) is 3.40. The summed E-state index contributed by atoms with van der Waals surface area (Å²) in [6.45, 7) is 0.723. The number of halogens is 1. The zero-order valence-electron chi connectivity index (χ0n) is 17.9. The molecule has 32 heavy (non-hydrogen) atoms. The second-order valence-electron chi connectivity index (χ2n) is 8.91. The maximum absolute atomic E-state index is 14.4. The summed E-state index contributed by atoms with van der Waals surface area (Å²) in [5, 5.41) is 29.2. The van der Waals surface area contributed by atoms with E-state index in [-0.39, 0.29) is 30.8 Å². The number of allylic oxidation sites excluding steroid dienone is 4. The van der Waals surface area contributed by atoms with Crippen molar-refractivity contribution in [3.63, 3.8) is 0 Å². The van der Waals surface area contributed by atoms with Gasteiger partial charge in [0.25, 0.3) is 0 Å². The molecular weight excluding hydrogens is 413 g/mol. The van der Waals surface area contributed by atoms with Crippen molar-refractivity contribution in [3.8, 4) is 0 Å². The number of imidazole rings is 1. The third-order valence-corrected chi connectivity index (χ3v) is 6.60. The summed E-state index contributed by atoms with van der Waals surface area (Å²) in [5.74, 6) is 1.06. The number of hydrogen-bond acceptors (Lipinski definition) is 8. The number of nitrogens with one attached hydrogen (secondary N) is 3. The van der Waals surface area contributed by atoms with Gasteiger partial charge in [-0.2, -0.15) is 4.98 Å². The van der Waals surface area contributed by atoms with Crippen molar-refractivity contribution in [2.45, 2.75) is 68.9 Å². The Kier molecular flexibility index (Phi) is 6.07. The molecule has 172 valence electrons. The second-order valence-corrected chi connectivity index (χ2v) is 8.91. The van der Waals surface area contributed by atoms with Crippen LogP contribution in [0.25, 0.3) is 11.2 Å². The Morgan fingerprint density at radius 1 is 1.22 bits per heavy atom. The molecule has 3 heterocycles. The monoisotopic (exact) mass is 443 g/mol. The number of nitrogens with zero attached hydrogens (tertiary/aromatic N) is 4. The van der Waals surface area contributed by atoms with E-state index in [1.54, 1.807) is 18.3 Å². The van der Waals surface area contributed by atoms with Crippen LogP contribution in [0.4, 0.5) is 16.3 Å². The van der Waals surface area contributed by atoms with Gasteiger partial charge in [-0.3, -0.25) is 4.57 Å². The molecule has 2 aromatic rings. The SMILES string of the molecule is OC[C@@H]1C[C@@H](n2c(NC3=CC=CCC3F)nc3cnc(NC4CCC(O)CC4)nc32)CN1. The van der Waals surface area contributed by atoms with Gasteiger partial charge in [-0.05, 0) is 38.2 Å². The van der Waals surface area contributed by atoms with Crippen LogP contribution in [0.5, 0.6) is 0 Å². The summed E-state index contributed by atoms with van der Waals surface area (Å²) in [5.41, 5.74) is 1.78. The Labute approximate surface area is 185 Å². The second kappa shape index (κ2) is 9.13. The largest absolute Gasteiger partial charge is 0.395 e. The Morgan fingerprint density at radius 2 is 2.06 bits per heavy atom. The molecule has 2 fully saturated rings. The lowest BCUT2D eigenvalue weighted by Crippen LogP contribution is -2.29. The van der Waals surface area contributed by atoms with Crippen LogP contribution in [0.1, 0.15) is 44.6 Å². The van der Waals surface area contributed by atoms with Gasteiger partial charge < -0.3 is 26.2 Å². The van der Waals surface area contributed by atoms with Gasteiger partial charge in [-0.25, -0.2) is 14.4 Å². The molecule has 5 rings (SSSR count). The van der Waals surface area contributed by atoms with Gasteiger partial charge in [0, 0.05) is 25.0 Å². The number of alkyl halides is 1. The van der Waals surface area contributed by atoms with Gasteiger partial charge >= 0.3 is 0 Å². The van der Waals surface area contributed by atoms with Crippen LogP contribution in [0.15, 0.2) is 30.1 Å². The van der Waals surface area contributed by atoms with Gasteiger partial charge in [0.1, 0.15) is 11.7 Å². The van der Waals surface area contributed by atoms with E-state index in [1.807, 2.05) is 10.6 Å². The van der Waals surface area contributed by atoms with Crippen LogP contribution >= 0.6 is 0 Å². The van der Waals surface area contributed by atoms with E-state index in [9.17, 15) is 14.6 Å². The van der Waals surface area contributed by atoms with E-state index < -0.39 is 6.17 Å². The third-order valence-electron chi connectivity index (χ3n) is 6.60. The molecule has 0 spiro atoms. The van der Waals surface area contributed by atoms with E-state index in [0.717, 1.165) is 32.1 Å². The maximum atomic E-state index is 14.4. The lowest BCUT2D eigenvalue weighted by atomic mass is 9.93. The predicted molar refractivity (Wildman–Crippen MR) is 120 cm³/mol. The van der Waals surface area contributed by atoms with E-state index in [4.69, 9.17) is 4.98 Å². The Morgan fingerprint density at radius 3 is 2.81 bits per heavy atom. The highest BCUT2D eigenvalue weighted by Gasteiger charge is 2.30. The van der Waals surface area contributed by atoms with E-state index in [1.165, 1.54) is 0 Å². The van der Waals surface area contributed by atoms with Crippen LogP contribution < -0.4 is 16.0 Å². The molecule has 2 aromatic heterocycles. The van der Waals surface area contributed by atoms with Crippen LogP contribution in [0, 0.1) is 0 Å². The zero-order chi connectivity index (χ0) is 22.1. The Bertz CT molecular complexity index is 1020. The average molecular weight is 444 g/mol. The minimum atomic E-state index is -1.11. The molecule has 10 heteroatoms. The van der Waals surface area contributed by atoms with Crippen molar-refractivity contribution in [1.82, 2.24) is 24.8 Å². The molecule has 5 N–H and O–H groups in total. The normalized spacial score (nSPS) is 30.5. The zero-order valence-corrected chi connectivity index (χ0v) is 17.9. The first-order valence-corrected chi connectivity index (χ1v) is 11.4. The molecule has 1 unspecified atom stereocenters. The topological polar surface area (TPSA) is 120 Å². The standard InChI is InChI=1S/C22H30FN7O2/c23-17-3-1-2-4-18(17)27-22-28-19-11-25-21(26-13-5-7-16(32)8-6-13)29-20(19)30(22)15-9-14(12-31)24-10-15/h1-2,4,11,13-17,24,31-32H,3,5-10,12H2,(H,27,28)(H,25,26,29)/t13?,14-,15+,16?,17?/m0/s1. The van der Waals surface area contributed by atoms with E-state index in [0.29, 0.717) is 41.7 Å². The molecule has 9 nitrogen and oxygen atoms in total. The van der Waals surface area contributed by atoms with Crippen LogP contribution in [0.3, 0.4) is 0 Å². The highest BCUT2D eigenvalue weighted by atomic mass is 19.1. The molecule has 1 saturated heterocycles. The molecule has 2 aliphatic carbocycles. The van der Waals surface area contributed by atoms with Gasteiger partial charge in [0.05, 0.1) is 30.6 Å². The molecule has 1 saturated carbocycles. The smallest absolute Gasteiger partial charge is 0.224 e. The summed E-state index contributed by atoms with van der Waals surface area (Å²) in [6.07, 6.45) is 10.1. The van der Waals surface area contributed by atoms with Crippen LogP contribution in [-0.4, -0.2) is 67.2 Å². The van der Waals surface area contributed by atoms with Crippen molar-refractivity contribution < 1.29 is 14.6 Å². The summed E-state index contributed by atoms with van der Waals surface area (Å²) < 4.78 is 16.4. The van der Waals surface area contributed by atoms with Crippen molar-refractivity contribution in [3.05, 3.63) is 30.1 Å². The number of aromatic nitrogens is 4. The quantitative estimate of drug-likeness (QED) is 0.460. The van der Waals surface area contributed by atoms with Gasteiger partial charge in [0.15, 0.2) is 5.65 Å². The number of aliphatic hydroxyl groups excluding tert-OH is 2. The fourth-order valence-electron chi connectivity index (χ4n) is 4.78. The van der Waals surface area contributed by atoms with Crippen molar-refractivity contribution in [2.75, 3.05) is 23.8 Å². The predicted octanol–water partition coefficient (Wildman–Crippen LogP) is 2.03. The van der Waals surface area contributed by atoms with Gasteiger partial charge in [0.2, 0.25) is 11.9 Å². The molecule has 0 aromatic carbocycles. The lowest BCUT2D eigenvalue weighted by Gasteiger charge is -2.26. The summed E-state index contributed by atoms with van der Waals surface area (Å²) in [6, 6.07) is 0.248. The maximum Gasteiger partial charge on any atom is 0.224 e. The number of rotatable bonds is 6. The van der Waals surface area contributed by atoms with Crippen LogP contribution in [-0.2, 0) is 0 Å². The number of anilines is 2. The van der Waals surface area contributed by atoms with Crippen molar-refractivity contribution in [1.29, 1.82) is 0 Å². The summed E-state index contributed by atoms with van der Waals surface area (Å²) in [7, 11) is 0. The first-order valence-electron chi connectivity index (χ1n) is 11.4. The van der Waals surface area contributed by atoms with Crippen LogP contribution in [0.2, 0.25) is 0 Å². The highest BCUT2D eigenvalue weighted by molar-refractivity contribution is 5.75. The fraction of sp³-hybridized carbons (Fsp3) is 0.591. The van der Waals surface area contributed by atoms with Gasteiger partial charge in [-0.15, -0.1) is 0 Å². The molecule has 3 atom stereocenters. The molecule has 0 amide bonds. The lowest BCUT2D eigenvalue weighted by molar-refractivity contribution is 0.126. The minimum Gasteiger partial charge on any atom is -0.395 e. The number of aliphatic hydroxyl groups is 2. The first-order chi connectivity index (χ1) is 15.6. The van der Waals surface area contributed by atoms with Crippen molar-refractivity contribution in [2.24, 2.45) is 0 Å². The Hall–Kier alpha value is -2.56. The molecule has 0 radical (unpaired) electrons. The molecular formula is C22H30FN7O2. The fourth-order valence-corrected chi connectivity index (χ4v) is 4.78. The third kappa shape index (κ3) is 4.35. The van der Waals surface area contributed by atoms with Crippen molar-refractivity contribution >= 4 is 23.1 Å². The minimum absolute atomic E-state index is 0.00384. The van der Waals surface area contributed by atoms with E-state index in [2.05, 4.69) is 25.9 Å². The summed E-state index contributed by atoms with van der Waals surface area (Å²) >= 11 is 0. The number of fused-ring (bicyclic) bond motifs is 1. The molecule has 0 bridgehead atoms. The highest BCUT2D eigenvalue weighted by Crippen LogP contribution is 2.31. The summed E-state index contributed by atoms with van der Waals surface area (Å²) in [4.78, 5) is 13.9. The number of hydrogen-bond donors (Lipinski definition) is 5. The first kappa shape index (κ1) is 21.3. The molecule has 3 aliphatic rings. The van der Waals surface area contributed by atoms with E-state index >= 15 is 0 Å². The Balaban J connectivity index is 1.47. The van der Waals surface area contributed by atoms with Gasteiger partial charge in [-0.1, -0.05) is 12.2 Å². The molecule has 1 aliphatic heterocycles.